The van der Waals surface area contributed by atoms with Gasteiger partial charge in [-0.15, -0.1) is 0 Å². The number of aromatic nitrogens is 5. The lowest BCUT2D eigenvalue weighted by atomic mass is 9.99. The van der Waals surface area contributed by atoms with Gasteiger partial charge in [0.1, 0.15) is 11.6 Å². The van der Waals surface area contributed by atoms with Crippen molar-refractivity contribution in [2.75, 3.05) is 38.7 Å². The van der Waals surface area contributed by atoms with Gasteiger partial charge in [-0.3, -0.25) is 0 Å². The van der Waals surface area contributed by atoms with Crippen molar-refractivity contribution < 1.29 is 4.74 Å². The van der Waals surface area contributed by atoms with Crippen LogP contribution in [0.4, 0.5) is 5.82 Å². The van der Waals surface area contributed by atoms with Gasteiger partial charge in [-0.1, -0.05) is 13.2 Å². The van der Waals surface area contributed by atoms with E-state index in [0.717, 1.165) is 31.1 Å². The standard InChI is InChI=1S/C17H23N7O2/c1-6-11(2)22(4)8-13-9-23(10-13)14-7-15(20-17(19-14)26-5)24-12(3)18-16(25)21-24/h6-7,13H,1-2,8-10H2,3-5H3,(H,21,25). The maximum atomic E-state index is 11.5. The van der Waals surface area contributed by atoms with E-state index in [4.69, 9.17) is 4.74 Å². The van der Waals surface area contributed by atoms with Crippen LogP contribution in [0.25, 0.3) is 5.82 Å². The third kappa shape index (κ3) is 3.46. The molecule has 0 unspecified atom stereocenters. The highest BCUT2D eigenvalue weighted by Gasteiger charge is 2.29. The molecule has 1 saturated heterocycles. The normalized spacial score (nSPS) is 14.0. The van der Waals surface area contributed by atoms with Gasteiger partial charge < -0.3 is 14.5 Å². The first-order chi connectivity index (χ1) is 12.4. The fourth-order valence-electron chi connectivity index (χ4n) is 2.92. The lowest BCUT2D eigenvalue weighted by molar-refractivity contribution is 0.292. The lowest BCUT2D eigenvalue weighted by Crippen LogP contribution is -2.51. The SMILES string of the molecule is C=CC(=C)N(C)CC1CN(c2cc(-n3[nH]c(=O)nc3C)nc(OC)n2)C1. The first-order valence-corrected chi connectivity index (χ1v) is 8.27. The number of hydrogen-bond donors (Lipinski definition) is 1. The molecule has 0 amide bonds. The third-order valence-corrected chi connectivity index (χ3v) is 4.42. The zero-order valence-corrected chi connectivity index (χ0v) is 15.3. The summed E-state index contributed by atoms with van der Waals surface area (Å²) < 4.78 is 6.74. The van der Waals surface area contributed by atoms with Crippen LogP contribution in [0.5, 0.6) is 6.01 Å². The van der Waals surface area contributed by atoms with Gasteiger partial charge in [-0.25, -0.2) is 14.6 Å². The van der Waals surface area contributed by atoms with E-state index in [1.54, 1.807) is 13.0 Å². The average Bonchev–Trinajstić information content (AvgIpc) is 2.94. The number of allylic oxidation sites excluding steroid dienone is 1. The molecular weight excluding hydrogens is 334 g/mol. The van der Waals surface area contributed by atoms with Crippen LogP contribution in [0.1, 0.15) is 5.82 Å². The van der Waals surface area contributed by atoms with E-state index in [-0.39, 0.29) is 6.01 Å². The number of aryl methyl sites for hydroxylation is 1. The van der Waals surface area contributed by atoms with Crippen LogP contribution in [0.15, 0.2) is 35.8 Å². The summed E-state index contributed by atoms with van der Waals surface area (Å²) in [7, 11) is 3.53. The van der Waals surface area contributed by atoms with Gasteiger partial charge >= 0.3 is 11.7 Å². The van der Waals surface area contributed by atoms with E-state index in [0.29, 0.717) is 17.6 Å². The summed E-state index contributed by atoms with van der Waals surface area (Å²) in [5.41, 5.74) is 0.491. The topological polar surface area (TPSA) is 92.2 Å². The zero-order chi connectivity index (χ0) is 18.8. The minimum absolute atomic E-state index is 0.243. The Bertz CT molecular complexity index is 879. The Kier molecular flexibility index (Phi) is 4.79. The van der Waals surface area contributed by atoms with Gasteiger partial charge in [0.25, 0.3) is 0 Å². The number of nitrogens with zero attached hydrogens (tertiary/aromatic N) is 6. The highest BCUT2D eigenvalue weighted by atomic mass is 16.5. The van der Waals surface area contributed by atoms with Crippen molar-refractivity contribution in [3.05, 3.63) is 47.3 Å². The highest BCUT2D eigenvalue weighted by Crippen LogP contribution is 2.26. The molecule has 1 fully saturated rings. The summed E-state index contributed by atoms with van der Waals surface area (Å²) in [5.74, 6) is 2.30. The Morgan fingerprint density at radius 1 is 1.42 bits per heavy atom. The van der Waals surface area contributed by atoms with Crippen molar-refractivity contribution in [1.29, 1.82) is 0 Å². The van der Waals surface area contributed by atoms with Crippen LogP contribution in [0.3, 0.4) is 0 Å². The quantitative estimate of drug-likeness (QED) is 0.731. The van der Waals surface area contributed by atoms with Crippen LogP contribution >= 0.6 is 0 Å². The molecule has 0 atom stereocenters. The number of anilines is 1. The maximum Gasteiger partial charge on any atom is 0.361 e. The van der Waals surface area contributed by atoms with E-state index in [1.807, 2.05) is 13.1 Å². The van der Waals surface area contributed by atoms with Crippen molar-refractivity contribution in [3.63, 3.8) is 0 Å². The predicted molar refractivity (Wildman–Crippen MR) is 98.7 cm³/mol. The molecule has 9 heteroatoms. The summed E-state index contributed by atoms with van der Waals surface area (Å²) in [6, 6.07) is 2.06. The molecule has 0 spiro atoms. The molecule has 1 aliphatic heterocycles. The van der Waals surface area contributed by atoms with Gasteiger partial charge in [0, 0.05) is 44.4 Å². The fraction of sp³-hybridized carbons (Fsp3) is 0.412. The monoisotopic (exact) mass is 357 g/mol. The van der Waals surface area contributed by atoms with Crippen LogP contribution in [0, 0.1) is 12.8 Å². The van der Waals surface area contributed by atoms with Crippen molar-refractivity contribution in [2.45, 2.75) is 6.92 Å². The number of methoxy groups -OCH3 is 1. The van der Waals surface area contributed by atoms with Crippen molar-refractivity contribution in [3.8, 4) is 11.8 Å². The Morgan fingerprint density at radius 2 is 2.12 bits per heavy atom. The molecule has 0 aliphatic carbocycles. The first kappa shape index (κ1) is 17.7. The number of hydrogen-bond acceptors (Lipinski definition) is 7. The molecule has 0 saturated carbocycles. The van der Waals surface area contributed by atoms with E-state index < -0.39 is 5.69 Å². The van der Waals surface area contributed by atoms with Crippen molar-refractivity contribution in [2.24, 2.45) is 5.92 Å². The molecule has 1 N–H and O–H groups in total. The van der Waals surface area contributed by atoms with Crippen molar-refractivity contribution in [1.82, 2.24) is 29.6 Å². The molecule has 2 aromatic heterocycles. The van der Waals surface area contributed by atoms with Crippen LogP contribution in [0.2, 0.25) is 0 Å². The van der Waals surface area contributed by atoms with Gasteiger partial charge in [0.2, 0.25) is 0 Å². The molecule has 2 aromatic rings. The minimum atomic E-state index is -0.420. The molecular formula is C17H23N7O2. The van der Waals surface area contributed by atoms with Crippen LogP contribution < -0.4 is 15.3 Å². The second-order valence-electron chi connectivity index (χ2n) is 6.33. The summed E-state index contributed by atoms with van der Waals surface area (Å²) >= 11 is 0. The fourth-order valence-corrected chi connectivity index (χ4v) is 2.92. The molecule has 1 aliphatic rings. The molecule has 138 valence electrons. The highest BCUT2D eigenvalue weighted by molar-refractivity contribution is 5.47. The largest absolute Gasteiger partial charge is 0.467 e. The number of aromatic amines is 1. The predicted octanol–water partition coefficient (Wildman–Crippen LogP) is 0.735. The first-order valence-electron chi connectivity index (χ1n) is 8.27. The summed E-state index contributed by atoms with van der Waals surface area (Å²) in [6.07, 6.45) is 1.76. The Morgan fingerprint density at radius 3 is 2.69 bits per heavy atom. The Labute approximate surface area is 151 Å². The Hall–Kier alpha value is -3.10. The number of rotatable bonds is 7. The second-order valence-corrected chi connectivity index (χ2v) is 6.33. The second kappa shape index (κ2) is 7.03. The van der Waals surface area contributed by atoms with E-state index >= 15 is 0 Å². The Balaban J connectivity index is 1.76. The molecule has 0 aromatic carbocycles. The number of nitrogens with one attached hydrogen (secondary N) is 1. The van der Waals surface area contributed by atoms with Crippen LogP contribution in [-0.4, -0.2) is 63.4 Å². The van der Waals surface area contributed by atoms with Gasteiger partial charge in [-0.2, -0.15) is 15.0 Å². The lowest BCUT2D eigenvalue weighted by Gasteiger charge is -2.42. The molecule has 3 heterocycles. The zero-order valence-electron chi connectivity index (χ0n) is 15.3. The summed E-state index contributed by atoms with van der Waals surface area (Å²) in [6.45, 7) is 12.1. The molecule has 26 heavy (non-hydrogen) atoms. The van der Waals surface area contributed by atoms with E-state index in [1.165, 1.54) is 11.8 Å². The smallest absolute Gasteiger partial charge is 0.361 e. The molecule has 9 nitrogen and oxygen atoms in total. The number of likely N-dealkylation sites (N-methyl/N-ethyl adjacent to an activating group) is 1. The van der Waals surface area contributed by atoms with Crippen molar-refractivity contribution >= 4 is 5.82 Å². The number of H-pyrrole nitrogens is 1. The summed E-state index contributed by atoms with van der Waals surface area (Å²) in [4.78, 5) is 28.3. The minimum Gasteiger partial charge on any atom is -0.467 e. The molecule has 0 radical (unpaired) electrons. The summed E-state index contributed by atoms with van der Waals surface area (Å²) in [5, 5.41) is 2.63. The van der Waals surface area contributed by atoms with Crippen LogP contribution in [-0.2, 0) is 0 Å². The van der Waals surface area contributed by atoms with E-state index in [2.05, 4.69) is 43.0 Å². The molecule has 3 rings (SSSR count). The van der Waals surface area contributed by atoms with Gasteiger partial charge in [-0.05, 0) is 13.0 Å². The number of ether oxygens (including phenoxy) is 1. The third-order valence-electron chi connectivity index (χ3n) is 4.42. The molecule has 0 bridgehead atoms. The van der Waals surface area contributed by atoms with Gasteiger partial charge in [0.15, 0.2) is 5.82 Å². The van der Waals surface area contributed by atoms with Gasteiger partial charge in [0.05, 0.1) is 7.11 Å². The maximum absolute atomic E-state index is 11.5. The average molecular weight is 357 g/mol. The van der Waals surface area contributed by atoms with E-state index in [9.17, 15) is 4.79 Å².